The van der Waals surface area contributed by atoms with Crippen molar-refractivity contribution in [1.29, 1.82) is 0 Å². The van der Waals surface area contributed by atoms with Gasteiger partial charge < -0.3 is 9.31 Å². The fraction of sp³-hybridized carbons (Fsp3) is 0.615. The van der Waals surface area contributed by atoms with Crippen molar-refractivity contribution in [2.45, 2.75) is 57.6 Å². The second-order valence-electron chi connectivity index (χ2n) is 6.39. The van der Waals surface area contributed by atoms with Crippen molar-refractivity contribution in [3.05, 3.63) is 17.5 Å². The molecule has 0 saturated carbocycles. The maximum Gasteiger partial charge on any atom is 0.496 e. The van der Waals surface area contributed by atoms with Gasteiger partial charge in [-0.25, -0.2) is 13.6 Å². The summed E-state index contributed by atoms with van der Waals surface area (Å²) in [5.41, 5.74) is 0.468. The van der Waals surface area contributed by atoms with E-state index in [1.807, 2.05) is 27.7 Å². The summed E-state index contributed by atoms with van der Waals surface area (Å²) in [6.07, 6.45) is 1.58. The molecule has 2 heterocycles. The number of nitrogens with two attached hydrogens (primary N) is 1. The zero-order valence-corrected chi connectivity index (χ0v) is 14.0. The highest BCUT2D eigenvalue weighted by atomic mass is 32.2. The molecule has 0 aliphatic carbocycles. The van der Waals surface area contributed by atoms with E-state index < -0.39 is 28.3 Å². The normalized spacial score (nSPS) is 20.8. The molecule has 2 N–H and O–H groups in total. The second-order valence-corrected chi connectivity index (χ2v) is 7.88. The molecule has 0 bridgehead atoms. The Hall–Kier alpha value is -0.955. The molecule has 1 fully saturated rings. The van der Waals surface area contributed by atoms with Crippen molar-refractivity contribution in [1.82, 2.24) is 4.98 Å². The lowest BCUT2D eigenvalue weighted by Gasteiger charge is -2.32. The van der Waals surface area contributed by atoms with E-state index in [-0.39, 0.29) is 4.90 Å². The summed E-state index contributed by atoms with van der Waals surface area (Å²) in [7, 11) is -4.51. The first-order valence-electron chi connectivity index (χ1n) is 6.71. The van der Waals surface area contributed by atoms with Gasteiger partial charge in [0.05, 0.1) is 16.9 Å². The van der Waals surface area contributed by atoms with Crippen LogP contribution in [0.2, 0.25) is 0 Å². The van der Waals surface area contributed by atoms with Crippen molar-refractivity contribution < 1.29 is 17.7 Å². The minimum atomic E-state index is -3.85. The van der Waals surface area contributed by atoms with Crippen LogP contribution in [0.4, 0.5) is 0 Å². The highest BCUT2D eigenvalue weighted by molar-refractivity contribution is 7.89. The van der Waals surface area contributed by atoms with Gasteiger partial charge in [0.15, 0.2) is 0 Å². The van der Waals surface area contributed by atoms with Gasteiger partial charge in [0, 0.05) is 11.7 Å². The zero-order chi connectivity index (χ0) is 16.2. The molecule has 1 aliphatic heterocycles. The average molecular weight is 312 g/mol. The van der Waals surface area contributed by atoms with Crippen molar-refractivity contribution in [2.24, 2.45) is 5.14 Å². The van der Waals surface area contributed by atoms with E-state index in [1.165, 1.54) is 0 Å². The Labute approximate surface area is 126 Å². The van der Waals surface area contributed by atoms with E-state index >= 15 is 0 Å². The highest BCUT2D eigenvalue weighted by Crippen LogP contribution is 2.36. The summed E-state index contributed by atoms with van der Waals surface area (Å²) >= 11 is 0. The lowest BCUT2D eigenvalue weighted by Crippen LogP contribution is -2.41. The Balaban J connectivity index is 2.54. The van der Waals surface area contributed by atoms with Gasteiger partial charge in [0.25, 0.3) is 0 Å². The molecule has 1 aromatic rings. The molecule has 0 spiro atoms. The summed E-state index contributed by atoms with van der Waals surface area (Å²) in [4.78, 5) is 4.16. The van der Waals surface area contributed by atoms with Gasteiger partial charge in [-0.2, -0.15) is 0 Å². The number of sulfonamides is 1. The highest BCUT2D eigenvalue weighted by Gasteiger charge is 2.52. The molecule has 6 nitrogen and oxygen atoms in total. The number of hydrogen-bond acceptors (Lipinski definition) is 5. The van der Waals surface area contributed by atoms with Crippen molar-refractivity contribution in [2.75, 3.05) is 0 Å². The van der Waals surface area contributed by atoms with Gasteiger partial charge in [0.1, 0.15) is 4.90 Å². The van der Waals surface area contributed by atoms with Gasteiger partial charge in [-0.1, -0.05) is 0 Å². The number of pyridine rings is 1. The third kappa shape index (κ3) is 2.73. The summed E-state index contributed by atoms with van der Waals surface area (Å²) in [5, 5.41) is 5.28. The number of aryl methyl sites for hydroxylation is 1. The lowest BCUT2D eigenvalue weighted by molar-refractivity contribution is 0.00578. The van der Waals surface area contributed by atoms with E-state index in [0.717, 1.165) is 0 Å². The lowest BCUT2D eigenvalue weighted by atomic mass is 9.77. The third-order valence-corrected chi connectivity index (χ3v) is 5.46. The molecule has 0 amide bonds. The number of hydrogen-bond donors (Lipinski definition) is 1. The van der Waals surface area contributed by atoms with Crippen LogP contribution in [0.1, 0.15) is 39.0 Å². The Morgan fingerprint density at radius 1 is 1.14 bits per heavy atom. The van der Waals surface area contributed by atoms with E-state index in [0.29, 0.717) is 16.7 Å². The van der Waals surface area contributed by atoms with Gasteiger partial charge in [-0.05, 0) is 47.1 Å². The Morgan fingerprint density at radius 3 is 2.05 bits per heavy atom. The minimum Gasteiger partial charge on any atom is -0.399 e. The monoisotopic (exact) mass is 312 g/mol. The van der Waals surface area contributed by atoms with Gasteiger partial charge in [-0.15, -0.1) is 0 Å². The first-order chi connectivity index (χ1) is 9.37. The van der Waals surface area contributed by atoms with Crippen LogP contribution >= 0.6 is 0 Å². The SMILES string of the molecule is Cc1ncc(B2OC(C)(C)C(C)(C)O2)c(C)c1S(N)(=O)=O. The van der Waals surface area contributed by atoms with Gasteiger partial charge in [0.2, 0.25) is 10.0 Å². The maximum atomic E-state index is 11.8. The summed E-state index contributed by atoms with van der Waals surface area (Å²) in [6.45, 7) is 11.0. The average Bonchev–Trinajstić information content (AvgIpc) is 2.45. The number of aromatic nitrogens is 1. The van der Waals surface area contributed by atoms with E-state index in [4.69, 9.17) is 14.4 Å². The molecule has 8 heteroatoms. The van der Waals surface area contributed by atoms with Crippen LogP contribution in [0.15, 0.2) is 11.1 Å². The number of primary sulfonamides is 1. The largest absolute Gasteiger partial charge is 0.496 e. The molecule has 21 heavy (non-hydrogen) atoms. The molecule has 0 unspecified atom stereocenters. The topological polar surface area (TPSA) is 91.5 Å². The fourth-order valence-corrected chi connectivity index (χ4v) is 3.36. The Bertz CT molecular complexity index is 670. The molecule has 1 aliphatic rings. The molecule has 0 aromatic carbocycles. The van der Waals surface area contributed by atoms with E-state index in [1.54, 1.807) is 20.0 Å². The van der Waals surface area contributed by atoms with Crippen LogP contribution in [0.5, 0.6) is 0 Å². The molecular formula is C13H21BN2O4S. The Morgan fingerprint density at radius 2 is 1.62 bits per heavy atom. The number of rotatable bonds is 2. The summed E-state index contributed by atoms with van der Waals surface area (Å²) < 4.78 is 35.4. The molecule has 2 rings (SSSR count). The predicted octanol–water partition coefficient (Wildman–Crippen LogP) is 0.645. The van der Waals surface area contributed by atoms with E-state index in [9.17, 15) is 8.42 Å². The third-order valence-electron chi connectivity index (χ3n) is 4.29. The van der Waals surface area contributed by atoms with Gasteiger partial charge >= 0.3 is 7.12 Å². The molecule has 1 aromatic heterocycles. The standard InChI is InChI=1S/C13H21BN2O4S/c1-8-10(7-16-9(2)11(8)21(15,17)18)14-19-12(3,4)13(5,6)20-14/h7H,1-6H3,(H2,15,17,18). The van der Waals surface area contributed by atoms with Crippen LogP contribution in [0.3, 0.4) is 0 Å². The first-order valence-corrected chi connectivity index (χ1v) is 8.26. The Kier molecular flexibility index (Phi) is 3.73. The smallest absolute Gasteiger partial charge is 0.399 e. The quantitative estimate of drug-likeness (QED) is 0.809. The molecule has 1 saturated heterocycles. The fourth-order valence-electron chi connectivity index (χ4n) is 2.35. The number of nitrogens with zero attached hydrogens (tertiary/aromatic N) is 1. The molecular weight excluding hydrogens is 291 g/mol. The van der Waals surface area contributed by atoms with Crippen molar-refractivity contribution in [3.63, 3.8) is 0 Å². The first kappa shape index (κ1) is 16.4. The van der Waals surface area contributed by atoms with Gasteiger partial charge in [-0.3, -0.25) is 4.98 Å². The molecule has 0 radical (unpaired) electrons. The summed E-state index contributed by atoms with van der Waals surface area (Å²) in [5.74, 6) is 0. The second kappa shape index (κ2) is 4.77. The van der Waals surface area contributed by atoms with Crippen LogP contribution in [0, 0.1) is 13.8 Å². The summed E-state index contributed by atoms with van der Waals surface area (Å²) in [6, 6.07) is 0. The van der Waals surface area contributed by atoms with Crippen molar-refractivity contribution >= 4 is 22.6 Å². The van der Waals surface area contributed by atoms with Crippen LogP contribution in [0.25, 0.3) is 0 Å². The molecule has 116 valence electrons. The van der Waals surface area contributed by atoms with Crippen LogP contribution in [-0.2, 0) is 19.3 Å². The van der Waals surface area contributed by atoms with Crippen LogP contribution in [-0.4, -0.2) is 31.7 Å². The van der Waals surface area contributed by atoms with E-state index in [2.05, 4.69) is 4.98 Å². The predicted molar refractivity (Wildman–Crippen MR) is 80.8 cm³/mol. The van der Waals surface area contributed by atoms with Crippen LogP contribution < -0.4 is 10.6 Å². The molecule has 0 atom stereocenters. The minimum absolute atomic E-state index is 0.0368. The van der Waals surface area contributed by atoms with Crippen molar-refractivity contribution in [3.8, 4) is 0 Å². The zero-order valence-electron chi connectivity index (χ0n) is 13.2. The maximum absolute atomic E-state index is 11.8.